The van der Waals surface area contributed by atoms with Gasteiger partial charge in [0, 0.05) is 10.5 Å². The molecule has 3 heteroatoms. The highest BCUT2D eigenvalue weighted by atomic mass is 32.2. The molecule has 2 aromatic carbocycles. The van der Waals surface area contributed by atoms with Gasteiger partial charge in [-0.15, -0.1) is 11.8 Å². The van der Waals surface area contributed by atoms with Crippen molar-refractivity contribution >= 4 is 28.4 Å². The van der Waals surface area contributed by atoms with Gasteiger partial charge < -0.3 is 5.73 Å². The fraction of sp³-hybridized carbons (Fsp3) is 0.267. The molecular weight excluding hydrogens is 240 g/mol. The van der Waals surface area contributed by atoms with Gasteiger partial charge in [0.1, 0.15) is 5.84 Å². The lowest BCUT2D eigenvalue weighted by Crippen LogP contribution is -2.11. The van der Waals surface area contributed by atoms with Crippen LogP contribution in [0.1, 0.15) is 25.3 Å². The van der Waals surface area contributed by atoms with Crippen molar-refractivity contribution in [3.63, 3.8) is 0 Å². The zero-order valence-electron chi connectivity index (χ0n) is 10.6. The number of amidine groups is 1. The third kappa shape index (κ3) is 2.67. The average Bonchev–Trinajstić information content (AvgIpc) is 2.38. The van der Waals surface area contributed by atoms with Gasteiger partial charge in [0.05, 0.1) is 0 Å². The molecule has 0 aliphatic rings. The molecule has 0 saturated carbocycles. The predicted molar refractivity (Wildman–Crippen MR) is 80.6 cm³/mol. The number of thioether (sulfide) groups is 1. The molecule has 0 aromatic heterocycles. The first kappa shape index (κ1) is 13.0. The van der Waals surface area contributed by atoms with E-state index in [0.29, 0.717) is 0 Å². The van der Waals surface area contributed by atoms with Gasteiger partial charge >= 0.3 is 0 Å². The molecular formula is C15H18N2S. The molecule has 2 nitrogen and oxygen atoms in total. The van der Waals surface area contributed by atoms with Crippen LogP contribution in [0.4, 0.5) is 0 Å². The van der Waals surface area contributed by atoms with E-state index in [0.717, 1.165) is 16.7 Å². The van der Waals surface area contributed by atoms with E-state index in [-0.39, 0.29) is 5.84 Å². The zero-order chi connectivity index (χ0) is 13.0. The van der Waals surface area contributed by atoms with Gasteiger partial charge in [0.15, 0.2) is 0 Å². The van der Waals surface area contributed by atoms with Crippen LogP contribution in [-0.2, 0) is 0 Å². The lowest BCUT2D eigenvalue weighted by atomic mass is 10.0. The van der Waals surface area contributed by atoms with Gasteiger partial charge in [-0.1, -0.05) is 37.6 Å². The van der Waals surface area contributed by atoms with E-state index in [1.165, 1.54) is 23.1 Å². The Morgan fingerprint density at radius 2 is 1.89 bits per heavy atom. The minimum Gasteiger partial charge on any atom is -0.384 e. The Morgan fingerprint density at radius 1 is 1.17 bits per heavy atom. The second-order valence-corrected chi connectivity index (χ2v) is 5.41. The molecule has 0 heterocycles. The Labute approximate surface area is 112 Å². The maximum absolute atomic E-state index is 7.63. The minimum absolute atomic E-state index is 0.135. The van der Waals surface area contributed by atoms with Crippen LogP contribution in [0.25, 0.3) is 10.8 Å². The molecule has 0 radical (unpaired) electrons. The molecule has 0 spiro atoms. The molecule has 0 unspecified atom stereocenters. The lowest BCUT2D eigenvalue weighted by Gasteiger charge is -2.09. The van der Waals surface area contributed by atoms with Gasteiger partial charge in [0.2, 0.25) is 0 Å². The Hall–Kier alpha value is -1.48. The van der Waals surface area contributed by atoms with Crippen LogP contribution in [0.5, 0.6) is 0 Å². The summed E-state index contributed by atoms with van der Waals surface area (Å²) in [5, 5.41) is 9.90. The number of fused-ring (bicyclic) bond motifs is 1. The van der Waals surface area contributed by atoms with Gasteiger partial charge in [-0.05, 0) is 35.1 Å². The smallest absolute Gasteiger partial charge is 0.123 e. The Bertz CT molecular complexity index is 563. The summed E-state index contributed by atoms with van der Waals surface area (Å²) in [6.07, 6.45) is 2.45. The van der Waals surface area contributed by atoms with Crippen LogP contribution in [0.15, 0.2) is 41.3 Å². The van der Waals surface area contributed by atoms with E-state index in [9.17, 15) is 0 Å². The molecule has 94 valence electrons. The first-order valence-corrected chi connectivity index (χ1v) is 7.21. The first-order chi connectivity index (χ1) is 8.74. The lowest BCUT2D eigenvalue weighted by molar-refractivity contribution is 0.896. The highest BCUT2D eigenvalue weighted by Crippen LogP contribution is 2.30. The molecule has 0 atom stereocenters. The topological polar surface area (TPSA) is 49.9 Å². The molecule has 18 heavy (non-hydrogen) atoms. The molecule has 0 saturated heterocycles. The summed E-state index contributed by atoms with van der Waals surface area (Å²) in [5.74, 6) is 1.27. The number of unbranched alkanes of at least 4 members (excludes halogenated alkanes) is 1. The first-order valence-electron chi connectivity index (χ1n) is 6.23. The van der Waals surface area contributed by atoms with E-state index in [1.807, 2.05) is 36.0 Å². The van der Waals surface area contributed by atoms with Gasteiger partial charge in [-0.25, -0.2) is 0 Å². The number of nitrogens with one attached hydrogen (secondary N) is 1. The molecule has 0 aliphatic heterocycles. The van der Waals surface area contributed by atoms with Crippen molar-refractivity contribution in [2.75, 3.05) is 5.75 Å². The van der Waals surface area contributed by atoms with Crippen molar-refractivity contribution in [1.29, 1.82) is 5.41 Å². The third-order valence-corrected chi connectivity index (χ3v) is 4.09. The van der Waals surface area contributed by atoms with Crippen molar-refractivity contribution in [3.8, 4) is 0 Å². The number of hydrogen-bond acceptors (Lipinski definition) is 2. The van der Waals surface area contributed by atoms with E-state index in [1.54, 1.807) is 0 Å². The quantitative estimate of drug-likeness (QED) is 0.368. The molecule has 2 rings (SSSR count). The van der Waals surface area contributed by atoms with Gasteiger partial charge in [-0.3, -0.25) is 5.41 Å². The summed E-state index contributed by atoms with van der Waals surface area (Å²) in [7, 11) is 0. The maximum Gasteiger partial charge on any atom is 0.123 e. The summed E-state index contributed by atoms with van der Waals surface area (Å²) in [6.45, 7) is 2.21. The zero-order valence-corrected chi connectivity index (χ0v) is 11.4. The molecule has 0 fully saturated rings. The van der Waals surface area contributed by atoms with Gasteiger partial charge in [-0.2, -0.15) is 0 Å². The largest absolute Gasteiger partial charge is 0.384 e. The van der Waals surface area contributed by atoms with Crippen molar-refractivity contribution < 1.29 is 0 Å². The fourth-order valence-electron chi connectivity index (χ4n) is 1.96. The third-order valence-electron chi connectivity index (χ3n) is 2.93. The van der Waals surface area contributed by atoms with Crippen molar-refractivity contribution in [1.82, 2.24) is 0 Å². The van der Waals surface area contributed by atoms with Gasteiger partial charge in [0.25, 0.3) is 0 Å². The van der Waals surface area contributed by atoms with Crippen molar-refractivity contribution in [2.45, 2.75) is 24.7 Å². The minimum atomic E-state index is 0.135. The van der Waals surface area contributed by atoms with Crippen molar-refractivity contribution in [3.05, 3.63) is 42.0 Å². The van der Waals surface area contributed by atoms with Crippen LogP contribution in [-0.4, -0.2) is 11.6 Å². The summed E-state index contributed by atoms with van der Waals surface area (Å²) < 4.78 is 0. The number of rotatable bonds is 5. The van der Waals surface area contributed by atoms with Crippen LogP contribution < -0.4 is 5.73 Å². The highest BCUT2D eigenvalue weighted by Gasteiger charge is 2.07. The summed E-state index contributed by atoms with van der Waals surface area (Å²) in [6, 6.07) is 12.2. The normalized spacial score (nSPS) is 10.7. The number of nitrogen functional groups attached to an aromatic ring is 1. The van der Waals surface area contributed by atoms with E-state index in [4.69, 9.17) is 11.1 Å². The average molecular weight is 258 g/mol. The van der Waals surface area contributed by atoms with Crippen LogP contribution in [0, 0.1) is 5.41 Å². The Morgan fingerprint density at radius 3 is 2.56 bits per heavy atom. The second-order valence-electron chi connectivity index (χ2n) is 4.27. The predicted octanol–water partition coefficient (Wildman–Crippen LogP) is 4.02. The second kappa shape index (κ2) is 5.91. The van der Waals surface area contributed by atoms with Crippen LogP contribution in [0.2, 0.25) is 0 Å². The molecule has 0 bridgehead atoms. The monoisotopic (exact) mass is 258 g/mol. The SMILES string of the molecule is CCCCSc1ccc(C(=N)N)c2ccccc12. The number of benzene rings is 2. The van der Waals surface area contributed by atoms with Crippen LogP contribution in [0.3, 0.4) is 0 Å². The standard InChI is InChI=1S/C15H18N2S/c1-2-3-10-18-14-9-8-13(15(16)17)11-6-4-5-7-12(11)14/h4-9H,2-3,10H2,1H3,(H3,16,17). The van der Waals surface area contributed by atoms with Crippen molar-refractivity contribution in [2.24, 2.45) is 5.73 Å². The molecule has 2 aromatic rings. The summed E-state index contributed by atoms with van der Waals surface area (Å²) >= 11 is 1.88. The number of nitrogens with two attached hydrogens (primary N) is 1. The highest BCUT2D eigenvalue weighted by molar-refractivity contribution is 7.99. The molecule has 0 aliphatic carbocycles. The van der Waals surface area contributed by atoms with E-state index in [2.05, 4.69) is 19.1 Å². The molecule has 0 amide bonds. The maximum atomic E-state index is 7.63. The number of hydrogen-bond donors (Lipinski definition) is 2. The molecule has 3 N–H and O–H groups in total. The Balaban J connectivity index is 2.44. The summed E-state index contributed by atoms with van der Waals surface area (Å²) in [5.41, 5.74) is 6.45. The summed E-state index contributed by atoms with van der Waals surface area (Å²) in [4.78, 5) is 1.28. The fourth-order valence-corrected chi connectivity index (χ4v) is 3.11. The Kier molecular flexibility index (Phi) is 4.26. The van der Waals surface area contributed by atoms with E-state index >= 15 is 0 Å². The van der Waals surface area contributed by atoms with Crippen LogP contribution >= 0.6 is 11.8 Å². The van der Waals surface area contributed by atoms with E-state index < -0.39 is 0 Å².